The van der Waals surface area contributed by atoms with Gasteiger partial charge in [-0.05, 0) is 30.9 Å². The van der Waals surface area contributed by atoms with Crippen LogP contribution in [0, 0.1) is 5.92 Å². The molecule has 2 fully saturated rings. The van der Waals surface area contributed by atoms with Crippen LogP contribution in [0.4, 0.5) is 20.7 Å². The average Bonchev–Trinajstić information content (AvgIpc) is 3.32. The molecule has 1 aromatic carbocycles. The number of para-hydroxylation sites is 1. The standard InChI is InChI=1S/C23H30F2N8O4S/c1-36-17-5-3-4-16-18(17)27-20(19(24)25)33(16)23-29-21(28-22(30-23)31-10-12-37-13-11-31)26-14-15-6-8-32(9-7-15)38(2,34)35/h3-5,15,19H,6-14H2,1-2H3,(H,26,28,29,30). The second-order valence-electron chi connectivity index (χ2n) is 9.28. The molecule has 0 radical (unpaired) electrons. The van der Waals surface area contributed by atoms with Gasteiger partial charge in [-0.15, -0.1) is 0 Å². The summed E-state index contributed by atoms with van der Waals surface area (Å²) in [5.41, 5.74) is 0.670. The minimum Gasteiger partial charge on any atom is -0.494 e. The summed E-state index contributed by atoms with van der Waals surface area (Å²) in [4.78, 5) is 19.7. The number of ether oxygens (including phenoxy) is 2. The number of sulfonamides is 1. The second-order valence-corrected chi connectivity index (χ2v) is 11.3. The van der Waals surface area contributed by atoms with Crippen LogP contribution in [0.5, 0.6) is 5.75 Å². The number of piperidine rings is 1. The number of nitrogens with one attached hydrogen (secondary N) is 1. The van der Waals surface area contributed by atoms with E-state index in [1.807, 2.05) is 4.90 Å². The van der Waals surface area contributed by atoms with Crippen LogP contribution >= 0.6 is 0 Å². The van der Waals surface area contributed by atoms with Gasteiger partial charge in [0.05, 0.1) is 32.1 Å². The summed E-state index contributed by atoms with van der Waals surface area (Å²) < 4.78 is 65.5. The first-order chi connectivity index (χ1) is 18.2. The Balaban J connectivity index is 1.49. The highest BCUT2D eigenvalue weighted by atomic mass is 32.2. The molecular formula is C23H30F2N8O4S. The van der Waals surface area contributed by atoms with E-state index >= 15 is 0 Å². The Morgan fingerprint density at radius 3 is 2.45 bits per heavy atom. The minimum absolute atomic E-state index is 0.0157. The predicted octanol–water partition coefficient (Wildman–Crippen LogP) is 2.08. The highest BCUT2D eigenvalue weighted by Crippen LogP contribution is 2.32. The maximum atomic E-state index is 14.2. The number of fused-ring (bicyclic) bond motifs is 1. The highest BCUT2D eigenvalue weighted by Gasteiger charge is 2.27. The number of methoxy groups -OCH3 is 1. The molecule has 0 amide bonds. The van der Waals surface area contributed by atoms with Gasteiger partial charge in [-0.25, -0.2) is 26.5 Å². The smallest absolute Gasteiger partial charge is 0.296 e. The van der Waals surface area contributed by atoms with Crippen LogP contribution < -0.4 is 15.0 Å². The van der Waals surface area contributed by atoms with Gasteiger partial charge in [0, 0.05) is 32.7 Å². The van der Waals surface area contributed by atoms with E-state index < -0.39 is 22.3 Å². The van der Waals surface area contributed by atoms with Crippen LogP contribution in [0.1, 0.15) is 25.1 Å². The normalized spacial score (nSPS) is 17.9. The summed E-state index contributed by atoms with van der Waals surface area (Å²) in [6.45, 7) is 3.50. The lowest BCUT2D eigenvalue weighted by Crippen LogP contribution is -2.39. The quantitative estimate of drug-likeness (QED) is 0.444. The van der Waals surface area contributed by atoms with Crippen molar-refractivity contribution in [3.8, 4) is 11.7 Å². The van der Waals surface area contributed by atoms with Crippen LogP contribution in [0.25, 0.3) is 17.0 Å². The predicted molar refractivity (Wildman–Crippen MR) is 137 cm³/mol. The Hall–Kier alpha value is -3.17. The number of benzene rings is 1. The molecule has 2 aliphatic heterocycles. The first-order valence-corrected chi connectivity index (χ1v) is 14.2. The van der Waals surface area contributed by atoms with Crippen molar-refractivity contribution in [2.45, 2.75) is 19.3 Å². The molecule has 2 aliphatic rings. The third-order valence-corrected chi connectivity index (χ3v) is 8.09. The Labute approximate surface area is 219 Å². The number of imidazole rings is 1. The van der Waals surface area contributed by atoms with Crippen LogP contribution in [-0.4, -0.2) is 96.5 Å². The maximum absolute atomic E-state index is 14.2. The minimum atomic E-state index is -3.21. The number of halogens is 2. The summed E-state index contributed by atoms with van der Waals surface area (Å²) in [5, 5.41) is 3.24. The molecule has 0 saturated carbocycles. The number of hydrogen-bond acceptors (Lipinski definition) is 10. The Morgan fingerprint density at radius 2 is 1.79 bits per heavy atom. The molecule has 0 unspecified atom stereocenters. The van der Waals surface area contributed by atoms with E-state index in [4.69, 9.17) is 9.47 Å². The molecule has 15 heteroatoms. The van der Waals surface area contributed by atoms with Crippen molar-refractivity contribution >= 4 is 33.0 Å². The molecule has 0 bridgehead atoms. The first kappa shape index (κ1) is 26.4. The van der Waals surface area contributed by atoms with Gasteiger partial charge in [0.2, 0.25) is 27.9 Å². The van der Waals surface area contributed by atoms with E-state index in [0.29, 0.717) is 76.0 Å². The van der Waals surface area contributed by atoms with Crippen LogP contribution in [-0.2, 0) is 14.8 Å². The van der Waals surface area contributed by atoms with Crippen LogP contribution in [0.15, 0.2) is 18.2 Å². The van der Waals surface area contributed by atoms with E-state index in [1.165, 1.54) is 22.2 Å². The largest absolute Gasteiger partial charge is 0.494 e. The fourth-order valence-corrected chi connectivity index (χ4v) is 5.61. The maximum Gasteiger partial charge on any atom is 0.296 e. The molecule has 5 rings (SSSR count). The van der Waals surface area contributed by atoms with E-state index in [2.05, 4.69) is 25.3 Å². The molecule has 3 aromatic rings. The number of morpholine rings is 1. The van der Waals surface area contributed by atoms with Gasteiger partial charge >= 0.3 is 0 Å². The van der Waals surface area contributed by atoms with Gasteiger partial charge in [-0.3, -0.25) is 4.57 Å². The third-order valence-electron chi connectivity index (χ3n) is 6.79. The monoisotopic (exact) mass is 552 g/mol. The Morgan fingerprint density at radius 1 is 1.08 bits per heavy atom. The second kappa shape index (κ2) is 10.9. The molecule has 4 heterocycles. The molecule has 206 valence electrons. The zero-order valence-electron chi connectivity index (χ0n) is 21.2. The molecule has 12 nitrogen and oxygen atoms in total. The zero-order valence-corrected chi connectivity index (χ0v) is 22.0. The van der Waals surface area contributed by atoms with E-state index in [9.17, 15) is 17.2 Å². The van der Waals surface area contributed by atoms with Gasteiger partial charge in [0.15, 0.2) is 5.82 Å². The van der Waals surface area contributed by atoms with Gasteiger partial charge in [-0.1, -0.05) is 6.07 Å². The van der Waals surface area contributed by atoms with Gasteiger partial charge in [0.25, 0.3) is 6.43 Å². The van der Waals surface area contributed by atoms with E-state index in [1.54, 1.807) is 18.2 Å². The molecule has 1 N–H and O–H groups in total. The van der Waals surface area contributed by atoms with Crippen molar-refractivity contribution in [1.82, 2.24) is 28.8 Å². The number of aromatic nitrogens is 5. The number of hydrogen-bond donors (Lipinski definition) is 1. The summed E-state index contributed by atoms with van der Waals surface area (Å²) in [7, 11) is -1.76. The number of nitrogens with zero attached hydrogens (tertiary/aromatic N) is 7. The van der Waals surface area contributed by atoms with Crippen molar-refractivity contribution in [1.29, 1.82) is 0 Å². The molecule has 0 spiro atoms. The summed E-state index contributed by atoms with van der Waals surface area (Å²) >= 11 is 0. The van der Waals surface area contributed by atoms with Crippen LogP contribution in [0.2, 0.25) is 0 Å². The molecule has 0 atom stereocenters. The molecule has 0 aliphatic carbocycles. The van der Waals surface area contributed by atoms with Crippen molar-refractivity contribution in [3.05, 3.63) is 24.0 Å². The topological polar surface area (TPSA) is 128 Å². The fraction of sp³-hybridized carbons (Fsp3) is 0.565. The fourth-order valence-electron chi connectivity index (χ4n) is 4.73. The average molecular weight is 553 g/mol. The lowest BCUT2D eigenvalue weighted by molar-refractivity contribution is 0.122. The van der Waals surface area contributed by atoms with Gasteiger partial charge < -0.3 is 19.7 Å². The highest BCUT2D eigenvalue weighted by molar-refractivity contribution is 7.88. The van der Waals surface area contributed by atoms with E-state index in [0.717, 1.165) is 0 Å². The molecule has 38 heavy (non-hydrogen) atoms. The van der Waals surface area contributed by atoms with Crippen molar-refractivity contribution < 1.29 is 26.7 Å². The van der Waals surface area contributed by atoms with Crippen molar-refractivity contribution in [2.24, 2.45) is 5.92 Å². The number of alkyl halides is 2. The SMILES string of the molecule is COc1cccc2c1nc(C(F)F)n2-c1nc(NCC2CCN(S(C)(=O)=O)CC2)nc(N2CCOCC2)n1. The van der Waals surface area contributed by atoms with Crippen LogP contribution in [0.3, 0.4) is 0 Å². The first-order valence-electron chi connectivity index (χ1n) is 12.4. The Kier molecular flexibility index (Phi) is 7.59. The lowest BCUT2D eigenvalue weighted by Gasteiger charge is -2.30. The van der Waals surface area contributed by atoms with Crippen molar-refractivity contribution in [2.75, 3.05) is 69.5 Å². The Bertz CT molecular complexity index is 1390. The van der Waals surface area contributed by atoms with Gasteiger partial charge in [-0.2, -0.15) is 15.0 Å². The van der Waals surface area contributed by atoms with E-state index in [-0.39, 0.29) is 23.3 Å². The van der Waals surface area contributed by atoms with Crippen molar-refractivity contribution in [3.63, 3.8) is 0 Å². The summed E-state index contributed by atoms with van der Waals surface area (Å²) in [6.07, 6.45) is -0.285. The zero-order chi connectivity index (χ0) is 26.9. The summed E-state index contributed by atoms with van der Waals surface area (Å²) in [6, 6.07) is 5.02. The third kappa shape index (κ3) is 5.49. The number of anilines is 2. The molecule has 2 aromatic heterocycles. The lowest BCUT2D eigenvalue weighted by atomic mass is 9.98. The number of rotatable bonds is 8. The summed E-state index contributed by atoms with van der Waals surface area (Å²) in [5.74, 6) is 0.675. The molecular weight excluding hydrogens is 522 g/mol. The van der Waals surface area contributed by atoms with Gasteiger partial charge in [0.1, 0.15) is 11.3 Å². The molecule has 2 saturated heterocycles.